The molecule has 1 saturated carbocycles. The standard InChI is InChI=1S/C13H20N4O2/c1-2-12-15-11(16-19-12)8-14-13(18)17-7-3-4-10(17)9-5-6-9/h9-10H,2-8H2,1H3,(H,14,18). The molecule has 1 aromatic heterocycles. The second kappa shape index (κ2) is 5.19. The zero-order valence-corrected chi connectivity index (χ0v) is 11.3. The minimum absolute atomic E-state index is 0.0113. The van der Waals surface area contributed by atoms with Gasteiger partial charge < -0.3 is 14.7 Å². The van der Waals surface area contributed by atoms with E-state index in [1.807, 2.05) is 11.8 Å². The molecular weight excluding hydrogens is 244 g/mol. The number of carbonyl (C=O) groups is 1. The summed E-state index contributed by atoms with van der Waals surface area (Å²) in [5, 5.41) is 6.73. The van der Waals surface area contributed by atoms with Crippen molar-refractivity contribution in [2.45, 2.75) is 51.6 Å². The monoisotopic (exact) mass is 264 g/mol. The fourth-order valence-corrected chi connectivity index (χ4v) is 2.78. The number of urea groups is 1. The van der Waals surface area contributed by atoms with Crippen LogP contribution in [0, 0.1) is 5.92 Å². The summed E-state index contributed by atoms with van der Waals surface area (Å²) in [6.07, 6.45) is 5.55. The normalized spacial score (nSPS) is 22.8. The van der Waals surface area contributed by atoms with Crippen LogP contribution in [0.1, 0.15) is 44.3 Å². The Morgan fingerprint density at radius 3 is 3.00 bits per heavy atom. The Labute approximate surface area is 112 Å². The minimum Gasteiger partial charge on any atom is -0.339 e. The highest BCUT2D eigenvalue weighted by atomic mass is 16.5. The maximum atomic E-state index is 12.2. The molecular formula is C13H20N4O2. The molecule has 0 bridgehead atoms. The van der Waals surface area contributed by atoms with Crippen LogP contribution in [0.2, 0.25) is 0 Å². The predicted octanol–water partition coefficient (Wildman–Crippen LogP) is 1.72. The molecule has 1 aliphatic heterocycles. The highest BCUT2D eigenvalue weighted by molar-refractivity contribution is 5.74. The van der Waals surface area contributed by atoms with Crippen LogP contribution in [-0.4, -0.2) is 33.7 Å². The summed E-state index contributed by atoms with van der Waals surface area (Å²) in [6, 6.07) is 0.466. The topological polar surface area (TPSA) is 71.3 Å². The van der Waals surface area contributed by atoms with Crippen molar-refractivity contribution in [2.75, 3.05) is 6.54 Å². The first kappa shape index (κ1) is 12.4. The summed E-state index contributed by atoms with van der Waals surface area (Å²) in [5.41, 5.74) is 0. The molecule has 19 heavy (non-hydrogen) atoms. The summed E-state index contributed by atoms with van der Waals surface area (Å²) in [5.74, 6) is 1.90. The van der Waals surface area contributed by atoms with Crippen LogP contribution >= 0.6 is 0 Å². The molecule has 2 aliphatic rings. The van der Waals surface area contributed by atoms with Gasteiger partial charge >= 0.3 is 6.03 Å². The van der Waals surface area contributed by atoms with Crippen LogP contribution in [0.4, 0.5) is 4.79 Å². The number of carbonyl (C=O) groups excluding carboxylic acids is 1. The second-order valence-electron chi connectivity index (χ2n) is 5.36. The molecule has 2 heterocycles. The van der Waals surface area contributed by atoms with Gasteiger partial charge in [0.2, 0.25) is 5.89 Å². The summed E-state index contributed by atoms with van der Waals surface area (Å²) in [4.78, 5) is 18.3. The van der Waals surface area contributed by atoms with E-state index in [2.05, 4.69) is 15.5 Å². The zero-order valence-electron chi connectivity index (χ0n) is 11.3. The lowest BCUT2D eigenvalue weighted by molar-refractivity contribution is 0.186. The Morgan fingerprint density at radius 1 is 1.47 bits per heavy atom. The van der Waals surface area contributed by atoms with Gasteiger partial charge in [0.15, 0.2) is 5.82 Å². The summed E-state index contributed by atoms with van der Waals surface area (Å²) >= 11 is 0. The number of hydrogen-bond donors (Lipinski definition) is 1. The SMILES string of the molecule is CCc1nc(CNC(=O)N2CCCC2C2CC2)no1. The van der Waals surface area contributed by atoms with Gasteiger partial charge in [0, 0.05) is 19.0 Å². The van der Waals surface area contributed by atoms with Crippen LogP contribution < -0.4 is 5.32 Å². The Morgan fingerprint density at radius 2 is 2.32 bits per heavy atom. The molecule has 0 aromatic carbocycles. The molecule has 2 amide bonds. The van der Waals surface area contributed by atoms with Gasteiger partial charge in [-0.05, 0) is 31.6 Å². The number of hydrogen-bond acceptors (Lipinski definition) is 4. The van der Waals surface area contributed by atoms with Gasteiger partial charge in [-0.1, -0.05) is 12.1 Å². The van der Waals surface area contributed by atoms with Gasteiger partial charge in [-0.15, -0.1) is 0 Å². The molecule has 1 unspecified atom stereocenters. The predicted molar refractivity (Wildman–Crippen MR) is 68.4 cm³/mol. The molecule has 6 heteroatoms. The number of likely N-dealkylation sites (tertiary alicyclic amines) is 1. The minimum atomic E-state index is 0.0113. The van der Waals surface area contributed by atoms with Crippen LogP contribution in [0.5, 0.6) is 0 Å². The first-order valence-corrected chi connectivity index (χ1v) is 7.14. The third kappa shape index (κ3) is 2.72. The number of aromatic nitrogens is 2. The third-order valence-electron chi connectivity index (χ3n) is 3.94. The molecule has 1 atom stereocenters. The molecule has 104 valence electrons. The van der Waals surface area contributed by atoms with E-state index >= 15 is 0 Å². The Balaban J connectivity index is 1.53. The maximum Gasteiger partial charge on any atom is 0.318 e. The van der Waals surface area contributed by atoms with Crippen molar-refractivity contribution >= 4 is 6.03 Å². The van der Waals surface area contributed by atoms with Gasteiger partial charge in [0.05, 0.1) is 6.54 Å². The van der Waals surface area contributed by atoms with E-state index in [1.165, 1.54) is 12.8 Å². The average molecular weight is 264 g/mol. The van der Waals surface area contributed by atoms with E-state index < -0.39 is 0 Å². The molecule has 0 spiro atoms. The van der Waals surface area contributed by atoms with Crippen molar-refractivity contribution in [1.82, 2.24) is 20.4 Å². The van der Waals surface area contributed by atoms with Crippen molar-refractivity contribution in [3.05, 3.63) is 11.7 Å². The zero-order chi connectivity index (χ0) is 13.2. The summed E-state index contributed by atoms with van der Waals surface area (Å²) in [6.45, 7) is 3.18. The number of nitrogens with one attached hydrogen (secondary N) is 1. The van der Waals surface area contributed by atoms with E-state index in [9.17, 15) is 4.79 Å². The quantitative estimate of drug-likeness (QED) is 0.898. The lowest BCUT2D eigenvalue weighted by Gasteiger charge is -2.24. The molecule has 2 fully saturated rings. The molecule has 3 rings (SSSR count). The molecule has 0 radical (unpaired) electrons. The largest absolute Gasteiger partial charge is 0.339 e. The van der Waals surface area contributed by atoms with Gasteiger partial charge in [-0.25, -0.2) is 4.79 Å². The number of amides is 2. The lowest BCUT2D eigenvalue weighted by Crippen LogP contribution is -2.43. The van der Waals surface area contributed by atoms with Gasteiger partial charge in [0.25, 0.3) is 0 Å². The van der Waals surface area contributed by atoms with E-state index in [1.54, 1.807) is 0 Å². The lowest BCUT2D eigenvalue weighted by atomic mass is 10.1. The molecule has 1 aromatic rings. The number of nitrogens with zero attached hydrogens (tertiary/aromatic N) is 3. The van der Waals surface area contributed by atoms with E-state index in [0.29, 0.717) is 24.3 Å². The van der Waals surface area contributed by atoms with Crippen LogP contribution in [0.25, 0.3) is 0 Å². The third-order valence-corrected chi connectivity index (χ3v) is 3.94. The van der Waals surface area contributed by atoms with Crippen LogP contribution in [0.3, 0.4) is 0 Å². The van der Waals surface area contributed by atoms with Gasteiger partial charge in [0.1, 0.15) is 0 Å². The van der Waals surface area contributed by atoms with Crippen molar-refractivity contribution in [2.24, 2.45) is 5.92 Å². The molecule has 1 N–H and O–H groups in total. The van der Waals surface area contributed by atoms with Crippen molar-refractivity contribution < 1.29 is 9.32 Å². The first-order chi connectivity index (χ1) is 9.28. The van der Waals surface area contributed by atoms with Gasteiger partial charge in [-0.2, -0.15) is 4.98 Å². The number of aryl methyl sites for hydroxylation is 1. The smallest absolute Gasteiger partial charge is 0.318 e. The second-order valence-corrected chi connectivity index (χ2v) is 5.36. The summed E-state index contributed by atoms with van der Waals surface area (Å²) < 4.78 is 5.01. The molecule has 6 nitrogen and oxygen atoms in total. The fourth-order valence-electron chi connectivity index (χ4n) is 2.78. The Hall–Kier alpha value is -1.59. The van der Waals surface area contributed by atoms with Gasteiger partial charge in [-0.3, -0.25) is 0 Å². The number of rotatable bonds is 4. The van der Waals surface area contributed by atoms with Crippen LogP contribution in [0.15, 0.2) is 4.52 Å². The van der Waals surface area contributed by atoms with Crippen molar-refractivity contribution in [3.63, 3.8) is 0 Å². The van der Waals surface area contributed by atoms with E-state index in [0.717, 1.165) is 31.7 Å². The first-order valence-electron chi connectivity index (χ1n) is 7.14. The van der Waals surface area contributed by atoms with Crippen LogP contribution in [-0.2, 0) is 13.0 Å². The maximum absolute atomic E-state index is 12.2. The van der Waals surface area contributed by atoms with E-state index in [4.69, 9.17) is 4.52 Å². The Bertz CT molecular complexity index is 455. The highest BCUT2D eigenvalue weighted by Crippen LogP contribution is 2.39. The average Bonchev–Trinajstić information content (AvgIpc) is 2.99. The molecule has 1 saturated heterocycles. The highest BCUT2D eigenvalue weighted by Gasteiger charge is 2.39. The summed E-state index contributed by atoms with van der Waals surface area (Å²) in [7, 11) is 0. The Kier molecular flexibility index (Phi) is 3.40. The van der Waals surface area contributed by atoms with E-state index in [-0.39, 0.29) is 6.03 Å². The fraction of sp³-hybridized carbons (Fsp3) is 0.769. The molecule has 1 aliphatic carbocycles. The van der Waals surface area contributed by atoms with Crippen molar-refractivity contribution in [3.8, 4) is 0 Å². The van der Waals surface area contributed by atoms with Crippen molar-refractivity contribution in [1.29, 1.82) is 0 Å².